The second-order valence-corrected chi connectivity index (χ2v) is 19.6. The predicted octanol–water partition coefficient (Wildman–Crippen LogP) is 6.87. The maximum Gasteiger partial charge on any atom is 0.178 e. The zero-order chi connectivity index (χ0) is 35.3. The van der Waals surface area contributed by atoms with Crippen molar-refractivity contribution >= 4 is 16.7 Å². The highest BCUT2D eigenvalue weighted by molar-refractivity contribution is 6.06. The maximum atomic E-state index is 14.3. The van der Waals surface area contributed by atoms with Crippen LogP contribution in [0.15, 0.2) is 23.8 Å². The highest BCUT2D eigenvalue weighted by atomic mass is 16.8. The molecule has 2 aromatic rings. The van der Waals surface area contributed by atoms with E-state index in [1.165, 1.54) is 22.2 Å². The van der Waals surface area contributed by atoms with Gasteiger partial charge in [0.15, 0.2) is 17.7 Å². The van der Waals surface area contributed by atoms with E-state index in [9.17, 15) is 9.90 Å². The second-order valence-electron chi connectivity index (χ2n) is 19.6. The highest BCUT2D eigenvalue weighted by Gasteiger charge is 2.87. The van der Waals surface area contributed by atoms with Gasteiger partial charge in [-0.15, -0.1) is 0 Å². The molecule has 10 rings (SSSR count). The lowest BCUT2D eigenvalue weighted by atomic mass is 9.40. The van der Waals surface area contributed by atoms with Gasteiger partial charge in [0.1, 0.15) is 23.9 Å². The van der Waals surface area contributed by atoms with Gasteiger partial charge in [-0.2, -0.15) is 0 Å². The van der Waals surface area contributed by atoms with Crippen molar-refractivity contribution in [2.45, 2.75) is 172 Å². The Labute approximate surface area is 296 Å². The fraction of sp³-hybridized carbons (Fsp3) is 0.738. The quantitative estimate of drug-likeness (QED) is 0.250. The zero-order valence-corrected chi connectivity index (χ0v) is 31.5. The molecule has 6 fully saturated rings. The van der Waals surface area contributed by atoms with E-state index in [0.717, 1.165) is 48.8 Å². The van der Waals surface area contributed by atoms with E-state index in [-0.39, 0.29) is 53.1 Å². The number of nitrogens with one attached hydrogen (secondary N) is 1. The van der Waals surface area contributed by atoms with E-state index < -0.39 is 34.1 Å². The molecule has 1 aromatic heterocycles. The van der Waals surface area contributed by atoms with E-state index in [1.807, 2.05) is 6.08 Å². The molecule has 4 aliphatic heterocycles. The van der Waals surface area contributed by atoms with Crippen LogP contribution in [0.3, 0.4) is 0 Å². The molecule has 0 bridgehead atoms. The van der Waals surface area contributed by atoms with Crippen LogP contribution in [0.5, 0.6) is 0 Å². The van der Waals surface area contributed by atoms with Crippen molar-refractivity contribution in [1.82, 2.24) is 4.98 Å². The normalized spacial score (nSPS) is 48.3. The van der Waals surface area contributed by atoms with E-state index in [2.05, 4.69) is 86.4 Å². The molecule has 0 amide bonds. The van der Waals surface area contributed by atoms with Crippen LogP contribution < -0.4 is 0 Å². The van der Waals surface area contributed by atoms with Crippen LogP contribution in [0.1, 0.15) is 122 Å². The molecular formula is C42H55NO7. The zero-order valence-electron chi connectivity index (χ0n) is 31.5. The molecule has 50 heavy (non-hydrogen) atoms. The Bertz CT molecular complexity index is 1900. The molecule has 0 radical (unpaired) electrons. The summed E-state index contributed by atoms with van der Waals surface area (Å²) >= 11 is 0. The van der Waals surface area contributed by atoms with Gasteiger partial charge in [-0.3, -0.25) is 4.79 Å². The third kappa shape index (κ3) is 3.54. The van der Waals surface area contributed by atoms with Crippen LogP contribution in [-0.2, 0) is 41.9 Å². The summed E-state index contributed by atoms with van der Waals surface area (Å²) in [6, 6.07) is 4.19. The lowest BCUT2D eigenvalue weighted by molar-refractivity contribution is -0.343. The molecule has 270 valence electrons. The largest absolute Gasteiger partial charge is 0.386 e. The highest BCUT2D eigenvalue weighted by Crippen LogP contribution is 2.75. The predicted molar refractivity (Wildman–Crippen MR) is 188 cm³/mol. The topological polar surface area (TPSA) is 103 Å². The second kappa shape index (κ2) is 9.34. The Balaban J connectivity index is 1.07. The average Bonchev–Trinajstić information content (AvgIpc) is 3.51. The van der Waals surface area contributed by atoms with E-state index >= 15 is 0 Å². The third-order valence-electron chi connectivity index (χ3n) is 15.9. The number of H-pyrrole nitrogens is 1. The molecule has 2 N–H and O–H groups in total. The number of epoxide rings is 1. The number of aromatic amines is 1. The fourth-order valence-electron chi connectivity index (χ4n) is 13.6. The van der Waals surface area contributed by atoms with Crippen LogP contribution >= 0.6 is 0 Å². The number of rotatable bonds is 1. The van der Waals surface area contributed by atoms with Crippen molar-refractivity contribution < 1.29 is 33.6 Å². The van der Waals surface area contributed by atoms with Crippen LogP contribution in [-0.4, -0.2) is 74.6 Å². The van der Waals surface area contributed by atoms with Gasteiger partial charge in [0, 0.05) is 38.9 Å². The minimum atomic E-state index is -1.11. The van der Waals surface area contributed by atoms with Crippen LogP contribution in [0.25, 0.3) is 10.9 Å². The van der Waals surface area contributed by atoms with Crippen molar-refractivity contribution in [3.05, 3.63) is 46.2 Å². The number of Topliss-reactive ketones (excluding diaryl/α,β-unsaturated/α-hetero) is 1. The molecule has 8 aliphatic rings. The number of hydrogen-bond donors (Lipinski definition) is 2. The molecular weight excluding hydrogens is 630 g/mol. The molecule has 1 spiro atoms. The Morgan fingerprint density at radius 1 is 0.880 bits per heavy atom. The van der Waals surface area contributed by atoms with E-state index in [4.69, 9.17) is 23.7 Å². The fourth-order valence-corrected chi connectivity index (χ4v) is 13.6. The summed E-state index contributed by atoms with van der Waals surface area (Å²) in [6.07, 6.45) is 5.41. The number of allylic oxidation sites excluding steroid dienone is 1. The average molecular weight is 686 g/mol. The summed E-state index contributed by atoms with van der Waals surface area (Å²) < 4.78 is 33.4. The van der Waals surface area contributed by atoms with E-state index in [0.29, 0.717) is 12.3 Å². The number of ether oxygens (including phenoxy) is 5. The molecule has 1 aromatic carbocycles. The molecule has 8 heteroatoms. The number of fused-ring (bicyclic) bond motifs is 12. The van der Waals surface area contributed by atoms with Crippen molar-refractivity contribution in [3.8, 4) is 0 Å². The van der Waals surface area contributed by atoms with Gasteiger partial charge in [-0.05, 0) is 129 Å². The van der Waals surface area contributed by atoms with Gasteiger partial charge >= 0.3 is 0 Å². The molecule has 5 heterocycles. The molecule has 12 atom stereocenters. The summed E-state index contributed by atoms with van der Waals surface area (Å²) in [4.78, 5) is 18.2. The van der Waals surface area contributed by atoms with Crippen LogP contribution in [0.2, 0.25) is 0 Å². The van der Waals surface area contributed by atoms with E-state index in [1.54, 1.807) is 0 Å². The summed E-state index contributed by atoms with van der Waals surface area (Å²) in [5.74, 6) is 0.568. The monoisotopic (exact) mass is 685 g/mol. The number of carbonyl (C=O) groups is 1. The Kier molecular flexibility index (Phi) is 6.09. The van der Waals surface area contributed by atoms with Crippen LogP contribution in [0.4, 0.5) is 0 Å². The number of aromatic nitrogens is 1. The lowest BCUT2D eigenvalue weighted by Gasteiger charge is -2.66. The first-order chi connectivity index (χ1) is 23.3. The summed E-state index contributed by atoms with van der Waals surface area (Å²) in [7, 11) is 0. The number of ketones is 1. The SMILES string of the molecule is CC(C)=C[C@H]1O[C@H]2[C@H]3OC34C(CC[C@]3(C)[C@@]5(C)c6[nH]c7ccc8c(c7c6C[C@@H]5CC[C@@]43O)C[C@H]3[C@@H](C8=O)C(C)(C)OC3(C)C)O[C@@H]2C(C)(C)O1. The Morgan fingerprint density at radius 2 is 1.64 bits per heavy atom. The number of aliphatic hydroxyl groups is 1. The Morgan fingerprint density at radius 3 is 2.38 bits per heavy atom. The van der Waals surface area contributed by atoms with Gasteiger partial charge in [0.2, 0.25) is 0 Å². The molecule has 4 aliphatic carbocycles. The minimum Gasteiger partial charge on any atom is -0.386 e. The van der Waals surface area contributed by atoms with Gasteiger partial charge in [0.25, 0.3) is 0 Å². The first kappa shape index (κ1) is 32.6. The summed E-state index contributed by atoms with van der Waals surface area (Å²) in [5, 5.41) is 14.7. The smallest absolute Gasteiger partial charge is 0.178 e. The van der Waals surface area contributed by atoms with Crippen molar-refractivity contribution in [3.63, 3.8) is 0 Å². The van der Waals surface area contributed by atoms with Crippen molar-refractivity contribution in [1.29, 1.82) is 0 Å². The third-order valence-corrected chi connectivity index (χ3v) is 15.9. The standard InChI is InChI=1S/C42H55NO7/c1-20(2)17-28-47-32-34(38(7,8)48-28)46-27-14-15-39(9)40(10)21(13-16-41(39,45)42(27)35(32)49-42)18-24-29-23-19-25-30(37(5,6)50-36(25,3)4)31(44)22(23)11-12-26(29)43-33(24)40/h11-12,17,21,25,27-28,30,32,34-35,43,45H,13-16,18-19H2,1-10H3/t21-,25-,27?,28-,30-,32+,34-,35+,39+,40+,41-,42?/m0/s1. The minimum absolute atomic E-state index is 0.123. The van der Waals surface area contributed by atoms with Gasteiger partial charge in [-0.1, -0.05) is 19.4 Å². The lowest BCUT2D eigenvalue weighted by Crippen LogP contribution is -2.77. The van der Waals surface area contributed by atoms with Crippen LogP contribution in [0, 0.1) is 23.2 Å². The molecule has 2 saturated carbocycles. The Hall–Kier alpha value is -2.07. The summed E-state index contributed by atoms with van der Waals surface area (Å²) in [6.45, 7) is 21.5. The van der Waals surface area contributed by atoms with Crippen molar-refractivity contribution in [2.75, 3.05) is 0 Å². The molecule has 2 unspecified atom stereocenters. The first-order valence-corrected chi connectivity index (χ1v) is 19.3. The molecule has 4 saturated heterocycles. The number of carbonyl (C=O) groups excluding carboxylic acids is 1. The van der Waals surface area contributed by atoms with Gasteiger partial charge in [0.05, 0.1) is 28.8 Å². The van der Waals surface area contributed by atoms with Gasteiger partial charge in [-0.25, -0.2) is 0 Å². The van der Waals surface area contributed by atoms with Gasteiger partial charge < -0.3 is 33.8 Å². The van der Waals surface area contributed by atoms with Crippen molar-refractivity contribution in [2.24, 2.45) is 23.2 Å². The molecule has 8 nitrogen and oxygen atoms in total. The maximum absolute atomic E-state index is 14.3. The number of hydrogen-bond acceptors (Lipinski definition) is 7. The summed E-state index contributed by atoms with van der Waals surface area (Å²) in [5.41, 5.74) is 2.69. The first-order valence-electron chi connectivity index (χ1n) is 19.3. The number of benzene rings is 1.